The molecule has 0 bridgehead atoms. The van der Waals surface area contributed by atoms with Crippen molar-refractivity contribution in [1.82, 2.24) is 0 Å². The van der Waals surface area contributed by atoms with Gasteiger partial charge in [0.25, 0.3) is 10.0 Å². The summed E-state index contributed by atoms with van der Waals surface area (Å²) in [6.45, 7) is 3.44. The summed E-state index contributed by atoms with van der Waals surface area (Å²) in [6.07, 6.45) is -3.71. The number of rotatable bonds is 4. The summed E-state index contributed by atoms with van der Waals surface area (Å²) in [5.74, 6) is 0. The van der Waals surface area contributed by atoms with Crippen molar-refractivity contribution in [3.63, 3.8) is 0 Å². The van der Waals surface area contributed by atoms with Gasteiger partial charge in [0.15, 0.2) is 0 Å². The third-order valence-electron chi connectivity index (χ3n) is 4.36. The molecule has 146 valence electrons. The largest absolute Gasteiger partial charge is 0.416 e. The molecule has 2 aromatic carbocycles. The molecule has 1 aliphatic rings. The lowest BCUT2D eigenvalue weighted by molar-refractivity contribution is -0.137. The highest BCUT2D eigenvalue weighted by Gasteiger charge is 2.35. The summed E-state index contributed by atoms with van der Waals surface area (Å²) >= 11 is 3.35. The molecule has 1 aliphatic heterocycles. The van der Waals surface area contributed by atoms with E-state index in [2.05, 4.69) is 20.8 Å². The number of hydrogen-bond acceptors (Lipinski definition) is 3. The van der Waals surface area contributed by atoms with Crippen LogP contribution in [0.25, 0.3) is 0 Å². The molecule has 0 saturated heterocycles. The second-order valence-corrected chi connectivity index (χ2v) is 9.00. The summed E-state index contributed by atoms with van der Waals surface area (Å²) < 4.78 is 67.2. The molecule has 3 rings (SSSR count). The molecule has 0 aliphatic carbocycles. The molecule has 0 aromatic heterocycles. The molecule has 2 aromatic rings. The minimum absolute atomic E-state index is 0.169. The summed E-state index contributed by atoms with van der Waals surface area (Å²) in [7, 11) is -4.13. The number of hydrogen-bond donors (Lipinski definition) is 0. The normalized spacial score (nSPS) is 15.0. The van der Waals surface area contributed by atoms with Crippen LogP contribution in [-0.2, 0) is 16.2 Å². The van der Waals surface area contributed by atoms with Gasteiger partial charge in [-0.05, 0) is 42.8 Å². The first kappa shape index (κ1) is 20.0. The van der Waals surface area contributed by atoms with Crippen molar-refractivity contribution < 1.29 is 21.6 Å². The van der Waals surface area contributed by atoms with E-state index in [1.165, 1.54) is 10.4 Å². The topological polar surface area (TPSA) is 40.6 Å². The number of benzene rings is 2. The van der Waals surface area contributed by atoms with Crippen molar-refractivity contribution >= 4 is 37.3 Å². The minimum Gasteiger partial charge on any atom is -0.368 e. The van der Waals surface area contributed by atoms with Gasteiger partial charge in [-0.25, -0.2) is 8.42 Å². The molecule has 1 heterocycles. The third-order valence-corrected chi connectivity index (χ3v) is 6.67. The number of fused-ring (bicyclic) bond motifs is 1. The van der Waals surface area contributed by atoms with Crippen LogP contribution in [0.3, 0.4) is 0 Å². The molecule has 27 heavy (non-hydrogen) atoms. The first-order valence-corrected chi connectivity index (χ1v) is 10.6. The summed E-state index contributed by atoms with van der Waals surface area (Å²) in [5, 5.41) is 0. The highest BCUT2D eigenvalue weighted by atomic mass is 79.9. The molecule has 4 nitrogen and oxygen atoms in total. The standard InChI is InChI=1S/C18H18BrF3N2O2S/c1-2-8-23-9-10-24(17-12-14(19)6-7-16(17)23)27(25,26)15-5-3-4-13(11-15)18(20,21)22/h3-7,11-12H,2,8-10H2,1H3. The molecule has 0 amide bonds. The fraction of sp³-hybridized carbons (Fsp3) is 0.333. The van der Waals surface area contributed by atoms with E-state index in [-0.39, 0.29) is 11.4 Å². The Labute approximate surface area is 164 Å². The Balaban J connectivity index is 2.08. The number of nitrogens with zero attached hydrogens (tertiary/aromatic N) is 2. The Morgan fingerprint density at radius 1 is 1.07 bits per heavy atom. The van der Waals surface area contributed by atoms with Gasteiger partial charge in [0.1, 0.15) is 0 Å². The molecule has 0 saturated carbocycles. The van der Waals surface area contributed by atoms with Gasteiger partial charge >= 0.3 is 6.18 Å². The monoisotopic (exact) mass is 462 g/mol. The van der Waals surface area contributed by atoms with Gasteiger partial charge in [-0.2, -0.15) is 13.2 Å². The molecular weight excluding hydrogens is 445 g/mol. The number of anilines is 2. The van der Waals surface area contributed by atoms with Crippen molar-refractivity contribution in [3.05, 3.63) is 52.5 Å². The van der Waals surface area contributed by atoms with E-state index in [1.807, 2.05) is 19.1 Å². The molecule has 0 spiro atoms. The van der Waals surface area contributed by atoms with Gasteiger partial charge < -0.3 is 4.90 Å². The number of alkyl halides is 3. The zero-order valence-corrected chi connectivity index (χ0v) is 16.9. The number of halogens is 4. The maximum Gasteiger partial charge on any atom is 0.416 e. The van der Waals surface area contributed by atoms with E-state index in [4.69, 9.17) is 0 Å². The van der Waals surface area contributed by atoms with Gasteiger partial charge in [0.2, 0.25) is 0 Å². The van der Waals surface area contributed by atoms with E-state index in [0.29, 0.717) is 22.8 Å². The van der Waals surface area contributed by atoms with Crippen LogP contribution in [0.5, 0.6) is 0 Å². The molecule has 9 heteroatoms. The van der Waals surface area contributed by atoms with Gasteiger partial charge in [-0.1, -0.05) is 28.9 Å². The lowest BCUT2D eigenvalue weighted by Gasteiger charge is -2.38. The van der Waals surface area contributed by atoms with E-state index in [0.717, 1.165) is 30.8 Å². The molecule has 0 N–H and O–H groups in total. The third kappa shape index (κ3) is 3.94. The van der Waals surface area contributed by atoms with Crippen LogP contribution in [0.15, 0.2) is 51.8 Å². The van der Waals surface area contributed by atoms with Gasteiger partial charge in [-0.3, -0.25) is 4.31 Å². The second-order valence-electron chi connectivity index (χ2n) is 6.22. The van der Waals surface area contributed by atoms with Crippen molar-refractivity contribution in [2.75, 3.05) is 28.8 Å². The number of sulfonamides is 1. The Hall–Kier alpha value is -1.74. The van der Waals surface area contributed by atoms with Crippen LogP contribution in [-0.4, -0.2) is 28.1 Å². The zero-order valence-electron chi connectivity index (χ0n) is 14.5. The maximum absolute atomic E-state index is 13.1. The molecule has 0 unspecified atom stereocenters. The fourth-order valence-electron chi connectivity index (χ4n) is 3.13. The molecule has 0 atom stereocenters. The van der Waals surface area contributed by atoms with Crippen LogP contribution >= 0.6 is 15.9 Å². The van der Waals surface area contributed by atoms with Crippen LogP contribution in [0.1, 0.15) is 18.9 Å². The lowest BCUT2D eigenvalue weighted by atomic mass is 10.2. The molecule has 0 radical (unpaired) electrons. The van der Waals surface area contributed by atoms with E-state index >= 15 is 0 Å². The zero-order chi connectivity index (χ0) is 19.8. The summed E-state index contributed by atoms with van der Waals surface area (Å²) in [4.78, 5) is 1.71. The average molecular weight is 463 g/mol. The van der Waals surface area contributed by atoms with Gasteiger partial charge in [-0.15, -0.1) is 0 Å². The Morgan fingerprint density at radius 3 is 2.48 bits per heavy atom. The first-order chi connectivity index (χ1) is 12.6. The SMILES string of the molecule is CCCN1CCN(S(=O)(=O)c2cccc(C(F)(F)F)c2)c2cc(Br)ccc21. The maximum atomic E-state index is 13.1. The second kappa shape index (κ2) is 7.35. The van der Waals surface area contributed by atoms with Crippen LogP contribution < -0.4 is 9.21 Å². The fourth-order valence-corrected chi connectivity index (χ4v) is 4.99. The van der Waals surface area contributed by atoms with Gasteiger partial charge in [0.05, 0.1) is 28.4 Å². The quantitative estimate of drug-likeness (QED) is 0.648. The predicted molar refractivity (Wildman–Crippen MR) is 103 cm³/mol. The van der Waals surface area contributed by atoms with Crippen molar-refractivity contribution in [2.45, 2.75) is 24.4 Å². The summed E-state index contributed by atoms with van der Waals surface area (Å²) in [5.41, 5.74) is 0.228. The molecule has 0 fully saturated rings. The highest BCUT2D eigenvalue weighted by molar-refractivity contribution is 9.10. The Morgan fingerprint density at radius 2 is 1.81 bits per heavy atom. The smallest absolute Gasteiger partial charge is 0.368 e. The Kier molecular flexibility index (Phi) is 5.45. The Bertz CT molecular complexity index is 948. The van der Waals surface area contributed by atoms with Crippen molar-refractivity contribution in [3.8, 4) is 0 Å². The van der Waals surface area contributed by atoms with Crippen LogP contribution in [0.2, 0.25) is 0 Å². The van der Waals surface area contributed by atoms with Crippen molar-refractivity contribution in [1.29, 1.82) is 0 Å². The first-order valence-electron chi connectivity index (χ1n) is 8.39. The molecular formula is C18H18BrF3N2O2S. The van der Waals surface area contributed by atoms with E-state index in [1.54, 1.807) is 6.07 Å². The summed E-state index contributed by atoms with van der Waals surface area (Å²) in [6, 6.07) is 9.19. The highest BCUT2D eigenvalue weighted by Crippen LogP contribution is 2.39. The lowest BCUT2D eigenvalue weighted by Crippen LogP contribution is -2.44. The van der Waals surface area contributed by atoms with E-state index in [9.17, 15) is 21.6 Å². The van der Waals surface area contributed by atoms with Crippen LogP contribution in [0, 0.1) is 0 Å². The minimum atomic E-state index is -4.60. The van der Waals surface area contributed by atoms with Crippen LogP contribution in [0.4, 0.5) is 24.5 Å². The van der Waals surface area contributed by atoms with Crippen molar-refractivity contribution in [2.24, 2.45) is 0 Å². The van der Waals surface area contributed by atoms with E-state index < -0.39 is 21.8 Å². The van der Waals surface area contributed by atoms with Gasteiger partial charge in [0, 0.05) is 17.6 Å². The predicted octanol–water partition coefficient (Wildman–Crippen LogP) is 4.89. The average Bonchev–Trinajstić information content (AvgIpc) is 2.61.